The molecule has 2 aromatic carbocycles. The van der Waals surface area contributed by atoms with Crippen molar-refractivity contribution in [2.45, 2.75) is 6.92 Å². The Balaban J connectivity index is 1.61. The molecule has 0 unspecified atom stereocenters. The summed E-state index contributed by atoms with van der Waals surface area (Å²) in [7, 11) is 0. The van der Waals surface area contributed by atoms with Gasteiger partial charge in [-0.05, 0) is 42.8 Å². The molecule has 1 heterocycles. The lowest BCUT2D eigenvalue weighted by atomic mass is 10.1. The van der Waals surface area contributed by atoms with Gasteiger partial charge in [-0.25, -0.2) is 4.79 Å². The first-order chi connectivity index (χ1) is 11.5. The Morgan fingerprint density at radius 3 is 2.29 bits per heavy atom. The van der Waals surface area contributed by atoms with Gasteiger partial charge in [-0.1, -0.05) is 28.1 Å². The van der Waals surface area contributed by atoms with Crippen molar-refractivity contribution in [3.05, 3.63) is 69.2 Å². The van der Waals surface area contributed by atoms with Gasteiger partial charge in [0.05, 0.1) is 23.2 Å². The second-order valence-corrected chi connectivity index (χ2v) is 6.26. The zero-order chi connectivity index (χ0) is 17.3. The summed E-state index contributed by atoms with van der Waals surface area (Å²) in [6.45, 7) is 1.87. The van der Waals surface area contributed by atoms with Gasteiger partial charge in [0, 0.05) is 4.47 Å². The van der Waals surface area contributed by atoms with Crippen LogP contribution < -0.4 is 0 Å². The topological polar surface area (TPSA) is 63.7 Å². The summed E-state index contributed by atoms with van der Waals surface area (Å²) < 4.78 is 6.09. The molecule has 0 aliphatic carbocycles. The molecular formula is C18H14BrNO4. The molecule has 1 aliphatic rings. The quantitative estimate of drug-likeness (QED) is 0.596. The highest BCUT2D eigenvalue weighted by Crippen LogP contribution is 2.22. The summed E-state index contributed by atoms with van der Waals surface area (Å²) in [6, 6.07) is 11.8. The van der Waals surface area contributed by atoms with E-state index in [0.717, 1.165) is 14.9 Å². The van der Waals surface area contributed by atoms with Gasteiger partial charge in [-0.3, -0.25) is 14.5 Å². The van der Waals surface area contributed by atoms with Crippen molar-refractivity contribution < 1.29 is 19.1 Å². The maximum Gasteiger partial charge on any atom is 0.338 e. The zero-order valence-corrected chi connectivity index (χ0v) is 14.5. The largest absolute Gasteiger partial charge is 0.460 e. The van der Waals surface area contributed by atoms with Crippen LogP contribution in [0, 0.1) is 6.92 Å². The molecule has 0 aromatic heterocycles. The summed E-state index contributed by atoms with van der Waals surface area (Å²) in [4.78, 5) is 37.5. The van der Waals surface area contributed by atoms with Crippen LogP contribution in [0.25, 0.3) is 0 Å². The van der Waals surface area contributed by atoms with Crippen LogP contribution in [0.2, 0.25) is 0 Å². The number of carbonyl (C=O) groups is 3. The molecule has 2 aromatic rings. The van der Waals surface area contributed by atoms with Crippen molar-refractivity contribution >= 4 is 33.7 Å². The Bertz CT molecular complexity index is 812. The third kappa shape index (κ3) is 2.97. The predicted octanol–water partition coefficient (Wildman–Crippen LogP) is 3.21. The number of benzene rings is 2. The lowest BCUT2D eigenvalue weighted by Crippen LogP contribution is -2.33. The SMILES string of the molecule is Cc1cc(C(=O)OCCN2C(=O)c3ccccc3C2=O)ccc1Br. The van der Waals surface area contributed by atoms with Crippen LogP contribution in [0.15, 0.2) is 46.9 Å². The average molecular weight is 388 g/mol. The minimum Gasteiger partial charge on any atom is -0.460 e. The molecule has 0 bridgehead atoms. The molecule has 122 valence electrons. The zero-order valence-electron chi connectivity index (χ0n) is 12.9. The molecule has 0 spiro atoms. The fraction of sp³-hybridized carbons (Fsp3) is 0.167. The number of carbonyl (C=O) groups excluding carboxylic acids is 3. The van der Waals surface area contributed by atoms with Crippen LogP contribution in [0.3, 0.4) is 0 Å². The molecule has 5 nitrogen and oxygen atoms in total. The van der Waals surface area contributed by atoms with Gasteiger partial charge in [0.2, 0.25) is 0 Å². The number of aryl methyl sites for hydroxylation is 1. The van der Waals surface area contributed by atoms with Gasteiger partial charge in [0.1, 0.15) is 6.61 Å². The normalized spacial score (nSPS) is 13.2. The van der Waals surface area contributed by atoms with E-state index < -0.39 is 5.97 Å². The Labute approximate surface area is 147 Å². The first-order valence-electron chi connectivity index (χ1n) is 7.37. The van der Waals surface area contributed by atoms with Gasteiger partial charge in [-0.15, -0.1) is 0 Å². The van der Waals surface area contributed by atoms with E-state index in [1.54, 1.807) is 42.5 Å². The third-order valence-corrected chi connectivity index (χ3v) is 4.71. The van der Waals surface area contributed by atoms with Crippen molar-refractivity contribution in [1.29, 1.82) is 0 Å². The van der Waals surface area contributed by atoms with Crippen molar-refractivity contribution in [3.8, 4) is 0 Å². The lowest BCUT2D eigenvalue weighted by molar-refractivity contribution is 0.0420. The Morgan fingerprint density at radius 1 is 1.08 bits per heavy atom. The van der Waals surface area contributed by atoms with Crippen LogP contribution in [0.5, 0.6) is 0 Å². The minimum absolute atomic E-state index is 0.0353. The third-order valence-electron chi connectivity index (χ3n) is 3.82. The van der Waals surface area contributed by atoms with E-state index in [2.05, 4.69) is 15.9 Å². The van der Waals surface area contributed by atoms with Crippen LogP contribution in [-0.2, 0) is 4.74 Å². The maximum absolute atomic E-state index is 12.2. The van der Waals surface area contributed by atoms with E-state index in [1.807, 2.05) is 6.92 Å². The first kappa shape index (κ1) is 16.4. The summed E-state index contributed by atoms with van der Waals surface area (Å²) >= 11 is 3.37. The fourth-order valence-electron chi connectivity index (χ4n) is 2.53. The Morgan fingerprint density at radius 2 is 1.71 bits per heavy atom. The molecule has 0 saturated heterocycles. The van der Waals surface area contributed by atoms with Gasteiger partial charge < -0.3 is 4.74 Å². The Kier molecular flexibility index (Phi) is 4.49. The fourth-order valence-corrected chi connectivity index (χ4v) is 2.77. The second-order valence-electron chi connectivity index (χ2n) is 5.41. The van der Waals surface area contributed by atoms with Crippen LogP contribution >= 0.6 is 15.9 Å². The van der Waals surface area contributed by atoms with E-state index in [4.69, 9.17) is 4.74 Å². The van der Waals surface area contributed by atoms with Crippen molar-refractivity contribution in [2.75, 3.05) is 13.2 Å². The molecule has 6 heteroatoms. The van der Waals surface area contributed by atoms with E-state index >= 15 is 0 Å². The van der Waals surface area contributed by atoms with E-state index in [-0.39, 0.29) is 25.0 Å². The number of fused-ring (bicyclic) bond motifs is 1. The Hall–Kier alpha value is -2.47. The van der Waals surface area contributed by atoms with Gasteiger partial charge in [0.15, 0.2) is 0 Å². The monoisotopic (exact) mass is 387 g/mol. The molecule has 2 amide bonds. The number of amides is 2. The number of halogens is 1. The second kappa shape index (κ2) is 6.57. The van der Waals surface area contributed by atoms with Crippen LogP contribution in [-0.4, -0.2) is 35.8 Å². The summed E-state index contributed by atoms with van der Waals surface area (Å²) in [5.74, 6) is -1.19. The highest BCUT2D eigenvalue weighted by atomic mass is 79.9. The molecule has 0 radical (unpaired) electrons. The number of hydrogen-bond acceptors (Lipinski definition) is 4. The van der Waals surface area contributed by atoms with Gasteiger partial charge in [0.25, 0.3) is 11.8 Å². The number of imide groups is 1. The molecule has 3 rings (SSSR count). The number of esters is 1. The minimum atomic E-state index is -0.484. The highest BCUT2D eigenvalue weighted by Gasteiger charge is 2.34. The molecule has 0 N–H and O–H groups in total. The lowest BCUT2D eigenvalue weighted by Gasteiger charge is -2.14. The highest BCUT2D eigenvalue weighted by molar-refractivity contribution is 9.10. The molecule has 0 saturated carbocycles. The molecular weight excluding hydrogens is 374 g/mol. The number of ether oxygens (including phenoxy) is 1. The van der Waals surface area contributed by atoms with Crippen molar-refractivity contribution in [1.82, 2.24) is 4.90 Å². The number of rotatable bonds is 4. The molecule has 0 fully saturated rings. The average Bonchev–Trinajstić information content (AvgIpc) is 2.82. The van der Waals surface area contributed by atoms with Crippen molar-refractivity contribution in [3.63, 3.8) is 0 Å². The summed E-state index contributed by atoms with van der Waals surface area (Å²) in [5.41, 5.74) is 2.12. The smallest absolute Gasteiger partial charge is 0.338 e. The molecule has 0 atom stereocenters. The first-order valence-corrected chi connectivity index (χ1v) is 8.17. The van der Waals surface area contributed by atoms with Crippen LogP contribution in [0.1, 0.15) is 36.6 Å². The standard InChI is InChI=1S/C18H14BrNO4/c1-11-10-12(6-7-15(11)19)18(23)24-9-8-20-16(21)13-4-2-3-5-14(13)17(20)22/h2-7,10H,8-9H2,1H3. The summed E-state index contributed by atoms with van der Waals surface area (Å²) in [6.07, 6.45) is 0. The number of hydrogen-bond donors (Lipinski definition) is 0. The summed E-state index contributed by atoms with van der Waals surface area (Å²) in [5, 5.41) is 0. The van der Waals surface area contributed by atoms with Crippen LogP contribution in [0.4, 0.5) is 0 Å². The van der Waals surface area contributed by atoms with E-state index in [9.17, 15) is 14.4 Å². The predicted molar refractivity (Wildman–Crippen MR) is 91.0 cm³/mol. The van der Waals surface area contributed by atoms with Gasteiger partial charge >= 0.3 is 5.97 Å². The number of nitrogens with zero attached hydrogens (tertiary/aromatic N) is 1. The molecule has 24 heavy (non-hydrogen) atoms. The maximum atomic E-state index is 12.2. The van der Waals surface area contributed by atoms with E-state index in [1.165, 1.54) is 0 Å². The molecule has 1 aliphatic heterocycles. The van der Waals surface area contributed by atoms with E-state index in [0.29, 0.717) is 16.7 Å². The van der Waals surface area contributed by atoms with Crippen molar-refractivity contribution in [2.24, 2.45) is 0 Å². The van der Waals surface area contributed by atoms with Gasteiger partial charge in [-0.2, -0.15) is 0 Å².